The molecule has 0 spiro atoms. The fraction of sp³-hybridized carbons (Fsp3) is 0.840. The minimum Gasteiger partial charge on any atom is -0.463 e. The van der Waals surface area contributed by atoms with Gasteiger partial charge in [0.25, 0.3) is 0 Å². The van der Waals surface area contributed by atoms with Crippen molar-refractivity contribution in [2.45, 2.75) is 236 Å². The zero-order valence-electron chi connectivity index (χ0n) is 38.9. The molecule has 2 saturated heterocycles. The van der Waals surface area contributed by atoms with Crippen molar-refractivity contribution in [3.05, 3.63) is 35.9 Å². The standard InChI is InChI=1S/C50H87NO11S/c1-2-27-43(52)42(38-61-50-49(57)48(56)47(55)44(62-50)39-60-46(54)33-32-40-28-24-22-25-29-40)51-45(53)31-26-21-19-17-15-13-11-9-7-5-3-4-6-8-10-12-14-16-18-20-23-30-41-34-36-63(58,59)37-35-41/h22,24-25,28-29,41-44,47-50,52,55-57H,2-21,23,26-27,30-39H2,1H3,(H,51,53). The number of amides is 1. The van der Waals surface area contributed by atoms with E-state index in [0.717, 1.165) is 37.7 Å². The van der Waals surface area contributed by atoms with E-state index in [4.69, 9.17) is 14.2 Å². The molecule has 5 N–H and O–H groups in total. The Labute approximate surface area is 380 Å². The molecule has 2 fully saturated rings. The number of unbranched alkanes of at least 4 members (excludes halogenated alkanes) is 20. The summed E-state index contributed by atoms with van der Waals surface area (Å²) in [6.45, 7) is 1.39. The number of carbonyl (C=O) groups is 2. The van der Waals surface area contributed by atoms with Gasteiger partial charge in [0.1, 0.15) is 40.9 Å². The van der Waals surface area contributed by atoms with Crippen molar-refractivity contribution in [2.75, 3.05) is 24.7 Å². The fourth-order valence-corrected chi connectivity index (χ4v) is 10.4. The Morgan fingerprint density at radius 1 is 0.714 bits per heavy atom. The molecular formula is C50H87NO11S. The van der Waals surface area contributed by atoms with Gasteiger partial charge in [0, 0.05) is 12.8 Å². The molecule has 63 heavy (non-hydrogen) atoms. The van der Waals surface area contributed by atoms with Crippen molar-refractivity contribution in [2.24, 2.45) is 5.92 Å². The van der Waals surface area contributed by atoms with Crippen LogP contribution in [0.2, 0.25) is 0 Å². The number of hydrogen-bond donors (Lipinski definition) is 5. The van der Waals surface area contributed by atoms with Gasteiger partial charge in [0.15, 0.2) is 6.29 Å². The summed E-state index contributed by atoms with van der Waals surface area (Å²) in [6.07, 6.45) is 23.4. The van der Waals surface area contributed by atoms with E-state index < -0.39 is 58.7 Å². The molecule has 12 nitrogen and oxygen atoms in total. The van der Waals surface area contributed by atoms with Crippen molar-refractivity contribution >= 4 is 21.7 Å². The molecule has 1 aromatic carbocycles. The molecule has 7 atom stereocenters. The van der Waals surface area contributed by atoms with Crippen molar-refractivity contribution in [1.82, 2.24) is 5.32 Å². The van der Waals surface area contributed by atoms with E-state index in [2.05, 4.69) is 5.32 Å². The number of benzene rings is 1. The van der Waals surface area contributed by atoms with Crippen molar-refractivity contribution in [3.8, 4) is 0 Å². The number of aliphatic hydroxyl groups excluding tert-OH is 4. The quantitative estimate of drug-likeness (QED) is 0.0321. The van der Waals surface area contributed by atoms with Crippen LogP contribution in [0.5, 0.6) is 0 Å². The summed E-state index contributed by atoms with van der Waals surface area (Å²) in [5, 5.41) is 45.3. The van der Waals surface area contributed by atoms with Gasteiger partial charge in [-0.15, -0.1) is 0 Å². The zero-order valence-corrected chi connectivity index (χ0v) is 39.7. The molecule has 7 unspecified atom stereocenters. The predicted octanol–water partition coefficient (Wildman–Crippen LogP) is 8.43. The number of sulfone groups is 1. The van der Waals surface area contributed by atoms with E-state index in [0.29, 0.717) is 43.1 Å². The van der Waals surface area contributed by atoms with E-state index in [1.54, 1.807) is 0 Å². The minimum absolute atomic E-state index is 0.127. The van der Waals surface area contributed by atoms with Crippen LogP contribution in [0.1, 0.15) is 192 Å². The molecule has 0 radical (unpaired) electrons. The molecule has 1 amide bonds. The van der Waals surface area contributed by atoms with Crippen LogP contribution < -0.4 is 5.32 Å². The highest BCUT2D eigenvalue weighted by molar-refractivity contribution is 7.91. The lowest BCUT2D eigenvalue weighted by Crippen LogP contribution is -2.60. The van der Waals surface area contributed by atoms with Gasteiger partial charge in [0.2, 0.25) is 5.91 Å². The Morgan fingerprint density at radius 2 is 1.22 bits per heavy atom. The molecule has 0 aromatic heterocycles. The second-order valence-corrected chi connectivity index (χ2v) is 20.9. The molecule has 3 rings (SSSR count). The van der Waals surface area contributed by atoms with Gasteiger partial charge in [-0.3, -0.25) is 9.59 Å². The highest BCUT2D eigenvalue weighted by atomic mass is 32.2. The van der Waals surface area contributed by atoms with Gasteiger partial charge in [-0.05, 0) is 43.6 Å². The van der Waals surface area contributed by atoms with Crippen LogP contribution in [-0.4, -0.2) is 108 Å². The van der Waals surface area contributed by atoms with Crippen LogP contribution in [0.15, 0.2) is 30.3 Å². The highest BCUT2D eigenvalue weighted by Crippen LogP contribution is 2.26. The van der Waals surface area contributed by atoms with E-state index in [9.17, 15) is 38.4 Å². The van der Waals surface area contributed by atoms with Crippen LogP contribution in [0.4, 0.5) is 0 Å². The molecule has 364 valence electrons. The Bertz CT molecular complexity index is 1420. The van der Waals surface area contributed by atoms with Gasteiger partial charge in [-0.2, -0.15) is 0 Å². The van der Waals surface area contributed by atoms with Crippen LogP contribution in [0.3, 0.4) is 0 Å². The number of esters is 1. The predicted molar refractivity (Wildman–Crippen MR) is 249 cm³/mol. The average Bonchev–Trinajstić information content (AvgIpc) is 3.27. The van der Waals surface area contributed by atoms with Gasteiger partial charge >= 0.3 is 5.97 Å². The topological polar surface area (TPSA) is 189 Å². The first-order valence-electron chi connectivity index (χ1n) is 25.2. The fourth-order valence-electron chi connectivity index (χ4n) is 8.86. The third-order valence-electron chi connectivity index (χ3n) is 13.1. The molecule has 13 heteroatoms. The van der Waals surface area contributed by atoms with Crippen molar-refractivity contribution in [3.63, 3.8) is 0 Å². The summed E-state index contributed by atoms with van der Waals surface area (Å²) in [5.74, 6) is 0.775. The largest absolute Gasteiger partial charge is 0.463 e. The Hall–Kier alpha value is -2.13. The minimum atomic E-state index is -2.73. The molecule has 0 bridgehead atoms. The first-order chi connectivity index (χ1) is 30.5. The smallest absolute Gasteiger partial charge is 0.306 e. The summed E-state index contributed by atoms with van der Waals surface area (Å²) < 4.78 is 39.9. The number of hydrogen-bond acceptors (Lipinski definition) is 11. The maximum atomic E-state index is 12.9. The normalized spacial score (nSPS) is 22.4. The third kappa shape index (κ3) is 24.8. The van der Waals surface area contributed by atoms with Gasteiger partial charge in [-0.25, -0.2) is 8.42 Å². The number of aliphatic hydroxyl groups is 4. The molecule has 1 aromatic rings. The summed E-state index contributed by atoms with van der Waals surface area (Å²) in [4.78, 5) is 25.2. The third-order valence-corrected chi connectivity index (χ3v) is 14.8. The second-order valence-electron chi connectivity index (χ2n) is 18.6. The highest BCUT2D eigenvalue weighted by Gasteiger charge is 2.45. The van der Waals surface area contributed by atoms with Crippen LogP contribution in [-0.2, 0) is 40.1 Å². The number of nitrogens with one attached hydrogen (secondary N) is 1. The molecular weight excluding hydrogens is 823 g/mol. The molecule has 2 aliphatic heterocycles. The van der Waals surface area contributed by atoms with Gasteiger partial charge in [-0.1, -0.05) is 179 Å². The number of rotatable bonds is 36. The van der Waals surface area contributed by atoms with Crippen LogP contribution >= 0.6 is 0 Å². The number of ether oxygens (including phenoxy) is 3. The number of carbonyl (C=O) groups excluding carboxylic acids is 2. The monoisotopic (exact) mass is 910 g/mol. The molecule has 2 heterocycles. The van der Waals surface area contributed by atoms with E-state index in [1.165, 1.54) is 122 Å². The van der Waals surface area contributed by atoms with E-state index in [-0.39, 0.29) is 25.5 Å². The Morgan fingerprint density at radius 3 is 1.75 bits per heavy atom. The number of aryl methyl sites for hydroxylation is 1. The second kappa shape index (κ2) is 33.4. The summed E-state index contributed by atoms with van der Waals surface area (Å²) >= 11 is 0. The first-order valence-corrected chi connectivity index (χ1v) is 27.0. The zero-order chi connectivity index (χ0) is 45.5. The Balaban J connectivity index is 1.13. The average molecular weight is 910 g/mol. The lowest BCUT2D eigenvalue weighted by atomic mass is 9.95. The van der Waals surface area contributed by atoms with Crippen LogP contribution in [0.25, 0.3) is 0 Å². The van der Waals surface area contributed by atoms with Gasteiger partial charge < -0.3 is 40.0 Å². The SMILES string of the molecule is CCCC(O)C(COC1OC(COC(=O)CCc2ccccc2)C(O)C(O)C1O)NC(=O)CCCCCCCCCCCCCCCCCCCCCCCC1CCS(=O)(=O)CC1. The Kier molecular flexibility index (Phi) is 29.2. The maximum Gasteiger partial charge on any atom is 0.306 e. The summed E-state index contributed by atoms with van der Waals surface area (Å²) in [6, 6.07) is 8.73. The maximum absolute atomic E-state index is 12.9. The first kappa shape index (κ1) is 55.2. The summed E-state index contributed by atoms with van der Waals surface area (Å²) in [7, 11) is -2.73. The lowest BCUT2D eigenvalue weighted by molar-refractivity contribution is -0.303. The lowest BCUT2D eigenvalue weighted by Gasteiger charge is -2.40. The molecule has 2 aliphatic rings. The van der Waals surface area contributed by atoms with Crippen molar-refractivity contribution < 1.29 is 52.6 Å². The summed E-state index contributed by atoms with van der Waals surface area (Å²) in [5.41, 5.74) is 0.985. The van der Waals surface area contributed by atoms with Crippen LogP contribution in [0, 0.1) is 5.92 Å². The molecule has 0 aliphatic carbocycles. The van der Waals surface area contributed by atoms with Crippen molar-refractivity contribution in [1.29, 1.82) is 0 Å². The van der Waals surface area contributed by atoms with E-state index in [1.807, 2.05) is 37.3 Å². The van der Waals surface area contributed by atoms with Gasteiger partial charge in [0.05, 0.1) is 30.3 Å². The van der Waals surface area contributed by atoms with E-state index >= 15 is 0 Å². The molecule has 0 saturated carbocycles.